The van der Waals surface area contributed by atoms with Crippen LogP contribution in [0.3, 0.4) is 0 Å². The molecule has 3 aromatic rings. The van der Waals surface area contributed by atoms with Crippen molar-refractivity contribution >= 4 is 16.5 Å². The normalized spacial score (nSPS) is 16.3. The van der Waals surface area contributed by atoms with Crippen LogP contribution in [-0.2, 0) is 0 Å². The Morgan fingerprint density at radius 1 is 1.00 bits per heavy atom. The van der Waals surface area contributed by atoms with Crippen LogP contribution in [0.25, 0.3) is 27.6 Å². The van der Waals surface area contributed by atoms with Crippen molar-refractivity contribution in [2.24, 2.45) is 5.73 Å². The van der Waals surface area contributed by atoms with E-state index in [9.17, 15) is 5.26 Å². The monoisotopic (exact) mass is 419 g/mol. The van der Waals surface area contributed by atoms with Crippen LogP contribution in [0.5, 0.6) is 5.75 Å². The fourth-order valence-corrected chi connectivity index (χ4v) is 4.05. The zero-order valence-corrected chi connectivity index (χ0v) is 18.2. The van der Waals surface area contributed by atoms with Crippen molar-refractivity contribution in [2.45, 2.75) is 13.0 Å². The van der Waals surface area contributed by atoms with E-state index < -0.39 is 0 Å². The van der Waals surface area contributed by atoms with Gasteiger partial charge in [-0.2, -0.15) is 5.26 Å². The van der Waals surface area contributed by atoms with E-state index in [4.69, 9.17) is 10.5 Å². The minimum atomic E-state index is -0.0223. The number of ether oxygens (including phenoxy) is 1. The van der Waals surface area contributed by atoms with Crippen molar-refractivity contribution in [2.75, 3.05) is 7.11 Å². The Labute approximate surface area is 188 Å². The Morgan fingerprint density at radius 2 is 1.69 bits per heavy atom. The Balaban J connectivity index is 1.76. The van der Waals surface area contributed by atoms with Gasteiger partial charge in [0.2, 0.25) is 0 Å². The van der Waals surface area contributed by atoms with Gasteiger partial charge in [-0.1, -0.05) is 66.7 Å². The molecule has 0 bridgehead atoms. The predicted molar refractivity (Wildman–Crippen MR) is 132 cm³/mol. The molecule has 1 aliphatic heterocycles. The van der Waals surface area contributed by atoms with E-state index in [1.54, 1.807) is 7.11 Å². The molecule has 32 heavy (non-hydrogen) atoms. The summed E-state index contributed by atoms with van der Waals surface area (Å²) in [6.45, 7) is 1.99. The van der Waals surface area contributed by atoms with E-state index in [0.29, 0.717) is 5.57 Å². The molecule has 0 fully saturated rings. The van der Waals surface area contributed by atoms with Crippen LogP contribution in [0, 0.1) is 11.3 Å². The van der Waals surface area contributed by atoms with E-state index in [2.05, 4.69) is 72.1 Å². The fourth-order valence-electron chi connectivity index (χ4n) is 4.05. The van der Waals surface area contributed by atoms with Crippen molar-refractivity contribution in [1.29, 1.82) is 5.26 Å². The summed E-state index contributed by atoms with van der Waals surface area (Å²) in [6, 6.07) is 22.9. The molecule has 1 unspecified atom stereocenters. The van der Waals surface area contributed by atoms with Crippen LogP contribution in [0.4, 0.5) is 0 Å². The summed E-state index contributed by atoms with van der Waals surface area (Å²) in [4.78, 5) is 0. The van der Waals surface area contributed by atoms with Gasteiger partial charge in [0, 0.05) is 23.0 Å². The van der Waals surface area contributed by atoms with Crippen LogP contribution in [0.1, 0.15) is 12.5 Å². The van der Waals surface area contributed by atoms with Crippen molar-refractivity contribution in [3.63, 3.8) is 0 Å². The number of allylic oxidation sites excluding steroid dienone is 4. The maximum Gasteiger partial charge on any atom is 0.126 e. The summed E-state index contributed by atoms with van der Waals surface area (Å²) >= 11 is 0. The summed E-state index contributed by atoms with van der Waals surface area (Å²) in [5.41, 5.74) is 11.3. The number of rotatable bonds is 5. The zero-order chi connectivity index (χ0) is 22.5. The number of nitrogens with one attached hydrogen (secondary N) is 1. The molecule has 0 spiro atoms. The molecular formula is C28H25N3O. The minimum absolute atomic E-state index is 0.0223. The van der Waals surface area contributed by atoms with Crippen LogP contribution >= 0.6 is 0 Å². The molecule has 1 atom stereocenters. The standard InChI is InChI=1S/C28H25N3O/c1-19(16-20(17-29)18-30)26-11-7-12-27(31-26)24-15-14-23(21-8-3-4-9-22(21)24)25-10-5-6-13-28(25)32-2/h3-17,26,31H,29H2,1-2H3/b19-16+,20-17+. The van der Waals surface area contributed by atoms with E-state index in [1.807, 2.05) is 31.2 Å². The number of para-hydroxylation sites is 1. The summed E-state index contributed by atoms with van der Waals surface area (Å²) < 4.78 is 5.61. The third-order valence-electron chi connectivity index (χ3n) is 5.67. The fraction of sp³-hybridized carbons (Fsp3) is 0.107. The first-order chi connectivity index (χ1) is 15.7. The van der Waals surface area contributed by atoms with E-state index >= 15 is 0 Å². The Morgan fingerprint density at radius 3 is 2.41 bits per heavy atom. The second-order valence-corrected chi connectivity index (χ2v) is 7.62. The van der Waals surface area contributed by atoms with Crippen LogP contribution < -0.4 is 15.8 Å². The number of dihydropyridines is 1. The van der Waals surface area contributed by atoms with Gasteiger partial charge in [0.05, 0.1) is 18.7 Å². The molecule has 1 aliphatic rings. The van der Waals surface area contributed by atoms with Gasteiger partial charge in [-0.15, -0.1) is 0 Å². The molecule has 3 aromatic carbocycles. The lowest BCUT2D eigenvalue weighted by molar-refractivity contribution is 0.416. The van der Waals surface area contributed by atoms with Gasteiger partial charge < -0.3 is 15.8 Å². The molecule has 0 saturated carbocycles. The number of hydrogen-bond donors (Lipinski definition) is 2. The van der Waals surface area contributed by atoms with Crippen molar-refractivity contribution < 1.29 is 4.74 Å². The second-order valence-electron chi connectivity index (χ2n) is 7.62. The summed E-state index contributed by atoms with van der Waals surface area (Å²) in [7, 11) is 1.70. The van der Waals surface area contributed by atoms with Crippen LogP contribution in [0.15, 0.2) is 102 Å². The maximum atomic E-state index is 9.18. The van der Waals surface area contributed by atoms with Crippen LogP contribution in [0.2, 0.25) is 0 Å². The highest BCUT2D eigenvalue weighted by Crippen LogP contribution is 2.37. The third kappa shape index (κ3) is 4.01. The van der Waals surface area contributed by atoms with Gasteiger partial charge in [0.15, 0.2) is 0 Å². The first-order valence-corrected chi connectivity index (χ1v) is 10.5. The topological polar surface area (TPSA) is 71.1 Å². The predicted octanol–water partition coefficient (Wildman–Crippen LogP) is 5.70. The third-order valence-corrected chi connectivity index (χ3v) is 5.67. The quantitative estimate of drug-likeness (QED) is 0.411. The number of nitrogens with zero attached hydrogens (tertiary/aromatic N) is 1. The molecule has 1 heterocycles. The summed E-state index contributed by atoms with van der Waals surface area (Å²) in [6.07, 6.45) is 9.35. The Hall–Kier alpha value is -4.23. The van der Waals surface area contributed by atoms with Gasteiger partial charge in [-0.05, 0) is 47.1 Å². The van der Waals surface area contributed by atoms with Crippen LogP contribution in [-0.4, -0.2) is 13.2 Å². The molecule has 4 nitrogen and oxygen atoms in total. The molecule has 0 radical (unpaired) electrons. The van der Waals surface area contributed by atoms with Gasteiger partial charge >= 0.3 is 0 Å². The largest absolute Gasteiger partial charge is 0.496 e. The maximum absolute atomic E-state index is 9.18. The highest BCUT2D eigenvalue weighted by Gasteiger charge is 2.17. The lowest BCUT2D eigenvalue weighted by Crippen LogP contribution is -2.29. The molecule has 4 rings (SSSR count). The Bertz CT molecular complexity index is 1320. The van der Waals surface area contributed by atoms with E-state index in [-0.39, 0.29) is 6.04 Å². The van der Waals surface area contributed by atoms with Gasteiger partial charge in [0.1, 0.15) is 11.8 Å². The summed E-state index contributed by atoms with van der Waals surface area (Å²) in [5, 5.41) is 15.1. The molecule has 3 N–H and O–H groups in total. The average molecular weight is 420 g/mol. The number of hydrogen-bond acceptors (Lipinski definition) is 4. The van der Waals surface area contributed by atoms with Gasteiger partial charge in [-0.3, -0.25) is 0 Å². The molecule has 0 aromatic heterocycles. The van der Waals surface area contributed by atoms with Crippen molar-refractivity contribution in [3.05, 3.63) is 108 Å². The molecule has 0 saturated heterocycles. The minimum Gasteiger partial charge on any atom is -0.496 e. The van der Waals surface area contributed by atoms with E-state index in [1.165, 1.54) is 6.20 Å². The summed E-state index contributed by atoms with van der Waals surface area (Å²) in [5.74, 6) is 0.852. The number of nitriles is 1. The first kappa shape index (κ1) is 21.0. The zero-order valence-electron chi connectivity index (χ0n) is 18.2. The molecule has 158 valence electrons. The SMILES string of the molecule is COc1ccccc1-c1ccc(C2=CC=CC(/C(C)=C/C(C#N)=C\N)N2)c2ccccc12. The van der Waals surface area contributed by atoms with Gasteiger partial charge in [0.25, 0.3) is 0 Å². The average Bonchev–Trinajstić information content (AvgIpc) is 2.86. The molecule has 0 amide bonds. The lowest BCUT2D eigenvalue weighted by atomic mass is 9.92. The highest BCUT2D eigenvalue weighted by atomic mass is 16.5. The second kappa shape index (κ2) is 9.28. The number of nitrogens with two attached hydrogens (primary N) is 1. The Kier molecular flexibility index (Phi) is 6.10. The number of fused-ring (bicyclic) bond motifs is 1. The highest BCUT2D eigenvalue weighted by molar-refractivity contribution is 6.03. The molecule has 0 aliphatic carbocycles. The smallest absolute Gasteiger partial charge is 0.126 e. The number of methoxy groups -OCH3 is 1. The molecular weight excluding hydrogens is 394 g/mol. The van der Waals surface area contributed by atoms with Gasteiger partial charge in [-0.25, -0.2) is 0 Å². The van der Waals surface area contributed by atoms with Crippen molar-refractivity contribution in [1.82, 2.24) is 5.32 Å². The first-order valence-electron chi connectivity index (χ1n) is 10.5. The molecule has 4 heteroatoms. The number of benzene rings is 3. The lowest BCUT2D eigenvalue weighted by Gasteiger charge is -2.24. The van der Waals surface area contributed by atoms with Crippen molar-refractivity contribution in [3.8, 4) is 22.9 Å². The van der Waals surface area contributed by atoms with E-state index in [0.717, 1.165) is 44.5 Å².